The van der Waals surface area contributed by atoms with Gasteiger partial charge in [-0.25, -0.2) is 0 Å². The number of rotatable bonds is 4. The second kappa shape index (κ2) is 5.08. The summed E-state index contributed by atoms with van der Waals surface area (Å²) in [4.78, 5) is 13.0. The molecule has 21 heavy (non-hydrogen) atoms. The van der Waals surface area contributed by atoms with Gasteiger partial charge in [-0.3, -0.25) is 4.79 Å². The third-order valence-corrected chi connectivity index (χ3v) is 4.29. The number of Topliss-reactive ketones (excluding diaryl/α,β-unsaturated/α-hetero) is 1. The van der Waals surface area contributed by atoms with Crippen LogP contribution in [0.5, 0.6) is 5.75 Å². The molecule has 3 nitrogen and oxygen atoms in total. The summed E-state index contributed by atoms with van der Waals surface area (Å²) < 4.78 is 5.30. The van der Waals surface area contributed by atoms with E-state index >= 15 is 0 Å². The first-order valence-corrected chi connectivity index (χ1v) is 7.19. The van der Waals surface area contributed by atoms with Crippen molar-refractivity contribution in [2.24, 2.45) is 0 Å². The number of ether oxygens (including phenoxy) is 1. The smallest absolute Gasteiger partial charge is 0.177 e. The largest absolute Gasteiger partial charge is 0.496 e. The molecule has 1 fully saturated rings. The molecule has 0 saturated heterocycles. The van der Waals surface area contributed by atoms with E-state index in [0.717, 1.165) is 18.4 Å². The van der Waals surface area contributed by atoms with Gasteiger partial charge in [0.2, 0.25) is 0 Å². The molecule has 2 N–H and O–H groups in total. The monoisotopic (exact) mass is 301 g/mol. The van der Waals surface area contributed by atoms with Crippen LogP contribution < -0.4 is 10.5 Å². The summed E-state index contributed by atoms with van der Waals surface area (Å²) in [5.41, 5.74) is 7.51. The molecule has 1 aliphatic carbocycles. The van der Waals surface area contributed by atoms with Crippen molar-refractivity contribution in [1.82, 2.24) is 0 Å². The molecule has 1 saturated carbocycles. The molecule has 0 amide bonds. The van der Waals surface area contributed by atoms with Crippen LogP contribution in [0, 0.1) is 0 Å². The standard InChI is InChI=1S/C17H16ClNO2/c1-21-15-7-4-12(18)10-14(15)16(20)17(8-9-17)11-2-5-13(19)6-3-11/h2-7,10H,8-9,19H2,1H3. The summed E-state index contributed by atoms with van der Waals surface area (Å²) in [6.07, 6.45) is 1.68. The Labute approximate surface area is 128 Å². The van der Waals surface area contributed by atoms with Crippen molar-refractivity contribution in [3.8, 4) is 5.75 Å². The Morgan fingerprint density at radius 3 is 2.43 bits per heavy atom. The minimum absolute atomic E-state index is 0.0617. The lowest BCUT2D eigenvalue weighted by Gasteiger charge is -2.17. The lowest BCUT2D eigenvalue weighted by molar-refractivity contribution is 0.0943. The van der Waals surface area contributed by atoms with Crippen LogP contribution in [0.25, 0.3) is 0 Å². The van der Waals surface area contributed by atoms with Crippen LogP contribution in [0.1, 0.15) is 28.8 Å². The van der Waals surface area contributed by atoms with E-state index in [1.165, 1.54) is 0 Å². The Morgan fingerprint density at radius 2 is 1.86 bits per heavy atom. The van der Waals surface area contributed by atoms with Gasteiger partial charge in [-0.05, 0) is 48.7 Å². The molecular formula is C17H16ClNO2. The summed E-state index contributed by atoms with van der Waals surface area (Å²) in [7, 11) is 1.56. The molecular weight excluding hydrogens is 286 g/mol. The van der Waals surface area contributed by atoms with E-state index in [0.29, 0.717) is 22.0 Å². The van der Waals surface area contributed by atoms with E-state index in [2.05, 4.69) is 0 Å². The summed E-state index contributed by atoms with van der Waals surface area (Å²) in [5.74, 6) is 0.623. The number of benzene rings is 2. The van der Waals surface area contributed by atoms with Crippen LogP contribution >= 0.6 is 11.6 Å². The predicted octanol–water partition coefficient (Wildman–Crippen LogP) is 3.85. The molecule has 2 aromatic rings. The van der Waals surface area contributed by atoms with Gasteiger partial charge in [-0.15, -0.1) is 0 Å². The molecule has 0 unspecified atom stereocenters. The number of carbonyl (C=O) groups is 1. The Balaban J connectivity index is 2.02. The maximum absolute atomic E-state index is 13.0. The third-order valence-electron chi connectivity index (χ3n) is 4.05. The third kappa shape index (κ3) is 2.38. The first-order valence-electron chi connectivity index (χ1n) is 6.81. The van der Waals surface area contributed by atoms with Crippen molar-refractivity contribution < 1.29 is 9.53 Å². The fourth-order valence-electron chi connectivity index (χ4n) is 2.69. The highest BCUT2D eigenvalue weighted by molar-refractivity contribution is 6.31. The van der Waals surface area contributed by atoms with Crippen molar-refractivity contribution in [2.45, 2.75) is 18.3 Å². The van der Waals surface area contributed by atoms with Gasteiger partial charge < -0.3 is 10.5 Å². The molecule has 108 valence electrons. The topological polar surface area (TPSA) is 52.3 Å². The average molecular weight is 302 g/mol. The van der Waals surface area contributed by atoms with Crippen molar-refractivity contribution in [3.05, 3.63) is 58.6 Å². The predicted molar refractivity (Wildman–Crippen MR) is 84.1 cm³/mol. The lowest BCUT2D eigenvalue weighted by Crippen LogP contribution is -2.21. The molecule has 0 atom stereocenters. The Bertz CT molecular complexity index is 690. The number of hydrogen-bond donors (Lipinski definition) is 1. The van der Waals surface area contributed by atoms with Gasteiger partial charge in [-0.1, -0.05) is 23.7 Å². The molecule has 0 aromatic heterocycles. The van der Waals surface area contributed by atoms with Crippen molar-refractivity contribution in [3.63, 3.8) is 0 Å². The first kappa shape index (κ1) is 14.0. The van der Waals surface area contributed by atoms with Gasteiger partial charge in [0.1, 0.15) is 5.75 Å². The van der Waals surface area contributed by atoms with Crippen LogP contribution in [-0.2, 0) is 5.41 Å². The molecule has 0 heterocycles. The number of halogens is 1. The summed E-state index contributed by atoms with van der Waals surface area (Å²) >= 11 is 6.03. The van der Waals surface area contributed by atoms with Gasteiger partial charge in [0.15, 0.2) is 5.78 Å². The number of nitrogens with two attached hydrogens (primary N) is 1. The van der Waals surface area contributed by atoms with Crippen LogP contribution in [0.3, 0.4) is 0 Å². The fourth-order valence-corrected chi connectivity index (χ4v) is 2.86. The fraction of sp³-hybridized carbons (Fsp3) is 0.235. The zero-order valence-electron chi connectivity index (χ0n) is 11.7. The van der Waals surface area contributed by atoms with Crippen LogP contribution in [0.15, 0.2) is 42.5 Å². The van der Waals surface area contributed by atoms with E-state index in [9.17, 15) is 4.79 Å². The zero-order valence-corrected chi connectivity index (χ0v) is 12.5. The van der Waals surface area contributed by atoms with E-state index in [4.69, 9.17) is 22.1 Å². The summed E-state index contributed by atoms with van der Waals surface area (Å²) in [5, 5.41) is 0.534. The number of ketones is 1. The number of methoxy groups -OCH3 is 1. The van der Waals surface area contributed by atoms with E-state index in [1.807, 2.05) is 24.3 Å². The Hall–Kier alpha value is -2.00. The minimum Gasteiger partial charge on any atom is -0.496 e. The van der Waals surface area contributed by atoms with Gasteiger partial charge in [0.25, 0.3) is 0 Å². The lowest BCUT2D eigenvalue weighted by atomic mass is 9.87. The molecule has 4 heteroatoms. The Kier molecular flexibility index (Phi) is 3.38. The number of hydrogen-bond acceptors (Lipinski definition) is 3. The zero-order chi connectivity index (χ0) is 15.0. The molecule has 0 aliphatic heterocycles. The highest BCUT2D eigenvalue weighted by atomic mass is 35.5. The second-order valence-electron chi connectivity index (χ2n) is 5.38. The van der Waals surface area contributed by atoms with Crippen molar-refractivity contribution >= 4 is 23.1 Å². The van der Waals surface area contributed by atoms with Crippen molar-refractivity contribution in [2.75, 3.05) is 12.8 Å². The number of carbonyl (C=O) groups excluding carboxylic acids is 1. The quantitative estimate of drug-likeness (QED) is 0.689. The van der Waals surface area contributed by atoms with Gasteiger partial charge >= 0.3 is 0 Å². The Morgan fingerprint density at radius 1 is 1.19 bits per heavy atom. The molecule has 3 rings (SSSR count). The first-order chi connectivity index (χ1) is 10.1. The van der Waals surface area contributed by atoms with E-state index < -0.39 is 5.41 Å². The average Bonchev–Trinajstić information content (AvgIpc) is 3.29. The highest BCUT2D eigenvalue weighted by Crippen LogP contribution is 2.51. The summed E-state index contributed by atoms with van der Waals surface area (Å²) in [6, 6.07) is 12.7. The summed E-state index contributed by atoms with van der Waals surface area (Å²) in [6.45, 7) is 0. The van der Waals surface area contributed by atoms with Crippen molar-refractivity contribution in [1.29, 1.82) is 0 Å². The van der Waals surface area contributed by atoms with Crippen LogP contribution in [0.2, 0.25) is 5.02 Å². The van der Waals surface area contributed by atoms with Crippen LogP contribution in [-0.4, -0.2) is 12.9 Å². The number of nitrogen functional groups attached to an aromatic ring is 1. The number of anilines is 1. The normalized spacial score (nSPS) is 15.5. The SMILES string of the molecule is COc1ccc(Cl)cc1C(=O)C1(c2ccc(N)cc2)CC1. The van der Waals surface area contributed by atoms with E-state index in [1.54, 1.807) is 25.3 Å². The van der Waals surface area contributed by atoms with Gasteiger partial charge in [0.05, 0.1) is 18.1 Å². The second-order valence-corrected chi connectivity index (χ2v) is 5.81. The highest BCUT2D eigenvalue weighted by Gasteiger charge is 2.51. The van der Waals surface area contributed by atoms with Crippen LogP contribution in [0.4, 0.5) is 5.69 Å². The maximum atomic E-state index is 13.0. The van der Waals surface area contributed by atoms with Gasteiger partial charge in [-0.2, -0.15) is 0 Å². The molecule has 0 bridgehead atoms. The molecule has 2 aromatic carbocycles. The molecule has 0 spiro atoms. The molecule has 0 radical (unpaired) electrons. The van der Waals surface area contributed by atoms with E-state index in [-0.39, 0.29) is 5.78 Å². The minimum atomic E-state index is -0.453. The molecule has 1 aliphatic rings. The van der Waals surface area contributed by atoms with Gasteiger partial charge in [0, 0.05) is 10.7 Å². The maximum Gasteiger partial charge on any atom is 0.177 e.